The van der Waals surface area contributed by atoms with E-state index in [1.165, 1.54) is 0 Å². The number of nitrogens with two attached hydrogens (primary N) is 1. The van der Waals surface area contributed by atoms with Crippen molar-refractivity contribution in [3.8, 4) is 0 Å². The molecule has 0 aromatic rings. The average Bonchev–Trinajstić information content (AvgIpc) is 2.49. The molecule has 2 rings (SSSR count). The molecule has 2 atom stereocenters. The summed E-state index contributed by atoms with van der Waals surface area (Å²) >= 11 is 0. The van der Waals surface area contributed by atoms with Crippen LogP contribution in [-0.2, 0) is 0 Å². The Morgan fingerprint density at radius 2 is 2.14 bits per heavy atom. The van der Waals surface area contributed by atoms with Gasteiger partial charge in [-0.2, -0.15) is 0 Å². The zero-order valence-corrected chi connectivity index (χ0v) is 8.38. The maximum atomic E-state index is 13.5. The summed E-state index contributed by atoms with van der Waals surface area (Å²) in [6.07, 6.45) is 1.75. The highest BCUT2D eigenvalue weighted by atomic mass is 19.3. The fourth-order valence-electron chi connectivity index (χ4n) is 2.88. The summed E-state index contributed by atoms with van der Waals surface area (Å²) in [5.41, 5.74) is 5.44. The van der Waals surface area contributed by atoms with Crippen LogP contribution in [0.25, 0.3) is 0 Å². The predicted molar refractivity (Wildman–Crippen MR) is 51.3 cm³/mol. The number of rotatable bonds is 2. The van der Waals surface area contributed by atoms with E-state index in [9.17, 15) is 8.78 Å². The van der Waals surface area contributed by atoms with Crippen molar-refractivity contribution in [3.63, 3.8) is 0 Å². The van der Waals surface area contributed by atoms with Crippen molar-refractivity contribution >= 4 is 0 Å². The van der Waals surface area contributed by atoms with E-state index in [0.29, 0.717) is 19.5 Å². The van der Waals surface area contributed by atoms with Gasteiger partial charge >= 0.3 is 0 Å². The molecule has 0 aromatic heterocycles. The van der Waals surface area contributed by atoms with Crippen LogP contribution in [0.2, 0.25) is 0 Å². The molecular weight excluding hydrogens is 186 g/mol. The highest BCUT2D eigenvalue weighted by molar-refractivity contribution is 4.95. The lowest BCUT2D eigenvalue weighted by molar-refractivity contribution is -0.0945. The molecule has 1 saturated heterocycles. The molecule has 1 aliphatic carbocycles. The minimum absolute atomic E-state index is 0.0879. The monoisotopic (exact) mass is 204 g/mol. The van der Waals surface area contributed by atoms with E-state index in [-0.39, 0.29) is 12.3 Å². The Morgan fingerprint density at radius 1 is 1.36 bits per heavy atom. The average molecular weight is 204 g/mol. The van der Waals surface area contributed by atoms with Gasteiger partial charge in [0.2, 0.25) is 0 Å². The van der Waals surface area contributed by atoms with Crippen molar-refractivity contribution in [1.29, 1.82) is 0 Å². The van der Waals surface area contributed by atoms with Crippen LogP contribution in [0.1, 0.15) is 19.3 Å². The first-order chi connectivity index (χ1) is 6.63. The molecule has 0 aromatic carbocycles. The van der Waals surface area contributed by atoms with Crippen molar-refractivity contribution in [3.05, 3.63) is 0 Å². The smallest absolute Gasteiger partial charge is 0.252 e. The molecule has 0 bridgehead atoms. The Kier molecular flexibility index (Phi) is 2.75. The van der Waals surface area contributed by atoms with Gasteiger partial charge in [0.25, 0.3) is 5.92 Å². The summed E-state index contributed by atoms with van der Waals surface area (Å²) < 4.78 is 27.0. The molecule has 0 amide bonds. The standard InChI is InChI=1S/C10H18F2N2/c11-10(12)3-1-2-8-6-14(5-4-13)7-9(8)10/h8-9H,1-7,13H2/t8-,9+/m0/s1. The van der Waals surface area contributed by atoms with Gasteiger partial charge in [0.1, 0.15) is 0 Å². The lowest BCUT2D eigenvalue weighted by atomic mass is 9.79. The normalized spacial score (nSPS) is 37.1. The highest BCUT2D eigenvalue weighted by Crippen LogP contribution is 2.45. The minimum Gasteiger partial charge on any atom is -0.329 e. The molecular formula is C10H18F2N2. The lowest BCUT2D eigenvalue weighted by Crippen LogP contribution is -2.37. The minimum atomic E-state index is -2.42. The van der Waals surface area contributed by atoms with E-state index < -0.39 is 11.8 Å². The van der Waals surface area contributed by atoms with E-state index in [0.717, 1.165) is 19.5 Å². The molecule has 2 N–H and O–H groups in total. The van der Waals surface area contributed by atoms with Crippen LogP contribution in [0.5, 0.6) is 0 Å². The Hall–Kier alpha value is -0.220. The molecule has 1 heterocycles. The van der Waals surface area contributed by atoms with E-state index in [2.05, 4.69) is 4.90 Å². The summed E-state index contributed by atoms with van der Waals surface area (Å²) in [6.45, 7) is 2.72. The second-order valence-corrected chi connectivity index (χ2v) is 4.57. The van der Waals surface area contributed by atoms with Gasteiger partial charge < -0.3 is 10.6 Å². The van der Waals surface area contributed by atoms with E-state index in [1.54, 1.807) is 0 Å². The molecule has 2 aliphatic rings. The van der Waals surface area contributed by atoms with Crippen molar-refractivity contribution in [2.75, 3.05) is 26.2 Å². The molecule has 2 nitrogen and oxygen atoms in total. The number of alkyl halides is 2. The van der Waals surface area contributed by atoms with Crippen LogP contribution in [-0.4, -0.2) is 37.0 Å². The molecule has 4 heteroatoms. The molecule has 2 fully saturated rings. The van der Waals surface area contributed by atoms with Crippen molar-refractivity contribution in [2.24, 2.45) is 17.6 Å². The van der Waals surface area contributed by atoms with Crippen LogP contribution >= 0.6 is 0 Å². The molecule has 14 heavy (non-hydrogen) atoms. The fraction of sp³-hybridized carbons (Fsp3) is 1.00. The number of likely N-dealkylation sites (tertiary alicyclic amines) is 1. The van der Waals surface area contributed by atoms with Crippen LogP contribution < -0.4 is 5.73 Å². The molecule has 0 spiro atoms. The summed E-state index contributed by atoms with van der Waals surface area (Å²) in [6, 6.07) is 0. The SMILES string of the molecule is NCCN1C[C@@H]2CCCC(F)(F)[C@@H]2C1. The van der Waals surface area contributed by atoms with Crippen molar-refractivity contribution < 1.29 is 8.78 Å². The zero-order chi connectivity index (χ0) is 10.2. The Balaban J connectivity index is 2.01. The number of halogens is 2. The first-order valence-corrected chi connectivity index (χ1v) is 5.44. The first-order valence-electron chi connectivity index (χ1n) is 5.44. The number of hydrogen-bond donors (Lipinski definition) is 1. The number of nitrogens with zero attached hydrogens (tertiary/aromatic N) is 1. The third-order valence-corrected chi connectivity index (χ3v) is 3.59. The first kappa shape index (κ1) is 10.3. The molecule has 0 radical (unpaired) electrons. The quantitative estimate of drug-likeness (QED) is 0.735. The van der Waals surface area contributed by atoms with Gasteiger partial charge in [-0.15, -0.1) is 0 Å². The van der Waals surface area contributed by atoms with E-state index in [1.807, 2.05) is 0 Å². The maximum absolute atomic E-state index is 13.5. The third kappa shape index (κ3) is 1.77. The molecule has 1 saturated carbocycles. The summed E-state index contributed by atoms with van der Waals surface area (Å²) in [7, 11) is 0. The van der Waals surface area contributed by atoms with Gasteiger partial charge in [-0.05, 0) is 18.8 Å². The van der Waals surface area contributed by atoms with Crippen LogP contribution in [0.3, 0.4) is 0 Å². The highest BCUT2D eigenvalue weighted by Gasteiger charge is 2.50. The summed E-state index contributed by atoms with van der Waals surface area (Å²) in [4.78, 5) is 2.09. The Bertz CT molecular complexity index is 208. The maximum Gasteiger partial charge on any atom is 0.252 e. The van der Waals surface area contributed by atoms with Crippen molar-refractivity contribution in [1.82, 2.24) is 4.90 Å². The zero-order valence-electron chi connectivity index (χ0n) is 8.38. The second kappa shape index (κ2) is 3.74. The van der Waals surface area contributed by atoms with Gasteiger partial charge in [0, 0.05) is 38.5 Å². The largest absolute Gasteiger partial charge is 0.329 e. The summed E-state index contributed by atoms with van der Waals surface area (Å²) in [5, 5.41) is 0. The van der Waals surface area contributed by atoms with E-state index in [4.69, 9.17) is 5.73 Å². The van der Waals surface area contributed by atoms with E-state index >= 15 is 0 Å². The van der Waals surface area contributed by atoms with Gasteiger partial charge in [-0.1, -0.05) is 0 Å². The fourth-order valence-corrected chi connectivity index (χ4v) is 2.88. The lowest BCUT2D eigenvalue weighted by Gasteiger charge is -2.32. The molecule has 0 unspecified atom stereocenters. The Labute approximate surface area is 83.4 Å². The third-order valence-electron chi connectivity index (χ3n) is 3.59. The molecule has 1 aliphatic heterocycles. The number of hydrogen-bond acceptors (Lipinski definition) is 2. The number of fused-ring (bicyclic) bond motifs is 1. The van der Waals surface area contributed by atoms with Gasteiger partial charge in [-0.3, -0.25) is 0 Å². The Morgan fingerprint density at radius 3 is 2.79 bits per heavy atom. The van der Waals surface area contributed by atoms with Crippen molar-refractivity contribution in [2.45, 2.75) is 25.2 Å². The van der Waals surface area contributed by atoms with Gasteiger partial charge in [0.15, 0.2) is 0 Å². The van der Waals surface area contributed by atoms with Gasteiger partial charge in [-0.25, -0.2) is 8.78 Å². The van der Waals surface area contributed by atoms with Crippen LogP contribution in [0.15, 0.2) is 0 Å². The summed E-state index contributed by atoms with van der Waals surface area (Å²) in [5.74, 6) is -2.61. The molecule has 82 valence electrons. The van der Waals surface area contributed by atoms with Gasteiger partial charge in [0.05, 0.1) is 0 Å². The second-order valence-electron chi connectivity index (χ2n) is 4.57. The van der Waals surface area contributed by atoms with Crippen LogP contribution in [0.4, 0.5) is 8.78 Å². The predicted octanol–water partition coefficient (Wildman–Crippen LogP) is 1.31. The van der Waals surface area contributed by atoms with Crippen LogP contribution in [0, 0.1) is 11.8 Å². The topological polar surface area (TPSA) is 29.3 Å².